The van der Waals surface area contributed by atoms with Gasteiger partial charge in [0.15, 0.2) is 0 Å². The molecule has 3 rings (SSSR count). The largest absolute Gasteiger partial charge is 0.477 e. The highest BCUT2D eigenvalue weighted by atomic mass is 16.5. The van der Waals surface area contributed by atoms with Crippen LogP contribution < -0.4 is 5.32 Å². The van der Waals surface area contributed by atoms with Crippen LogP contribution in [0.3, 0.4) is 0 Å². The molecular formula is C20H19NO4. The lowest BCUT2D eigenvalue weighted by atomic mass is 9.98. The molecule has 2 N–H and O–H groups in total. The number of fused-ring (bicyclic) bond motifs is 3. The van der Waals surface area contributed by atoms with E-state index in [-0.39, 0.29) is 18.2 Å². The van der Waals surface area contributed by atoms with Crippen LogP contribution in [-0.2, 0) is 9.53 Å². The minimum atomic E-state index is -1.19. The monoisotopic (exact) mass is 337 g/mol. The molecule has 0 aliphatic heterocycles. The Bertz CT molecular complexity index is 820. The topological polar surface area (TPSA) is 75.6 Å². The predicted octanol–water partition coefficient (Wildman–Crippen LogP) is 3.90. The zero-order valence-corrected chi connectivity index (χ0v) is 14.1. The number of carbonyl (C=O) groups excluding carboxylic acids is 1. The molecule has 0 radical (unpaired) electrons. The van der Waals surface area contributed by atoms with Crippen molar-refractivity contribution >= 4 is 12.1 Å². The number of hydrogen-bond acceptors (Lipinski definition) is 3. The normalized spacial score (nSPS) is 12.1. The van der Waals surface area contributed by atoms with Gasteiger partial charge in [-0.1, -0.05) is 48.5 Å². The van der Waals surface area contributed by atoms with E-state index in [0.717, 1.165) is 22.3 Å². The summed E-state index contributed by atoms with van der Waals surface area (Å²) in [6.07, 6.45) is -0.763. The molecule has 0 saturated heterocycles. The van der Waals surface area contributed by atoms with E-state index in [4.69, 9.17) is 9.84 Å². The first-order valence-corrected chi connectivity index (χ1v) is 8.01. The molecular weight excluding hydrogens is 318 g/mol. The molecule has 0 fully saturated rings. The summed E-state index contributed by atoms with van der Waals surface area (Å²) in [5.74, 6) is -1.24. The van der Waals surface area contributed by atoms with Crippen molar-refractivity contribution in [3.05, 3.63) is 70.9 Å². The van der Waals surface area contributed by atoms with Crippen LogP contribution in [0.15, 0.2) is 59.8 Å². The van der Waals surface area contributed by atoms with Crippen molar-refractivity contribution in [2.75, 3.05) is 6.61 Å². The first-order chi connectivity index (χ1) is 12.0. The molecule has 5 nitrogen and oxygen atoms in total. The van der Waals surface area contributed by atoms with E-state index < -0.39 is 12.1 Å². The Morgan fingerprint density at radius 2 is 1.52 bits per heavy atom. The van der Waals surface area contributed by atoms with Crippen LogP contribution in [0.2, 0.25) is 0 Å². The van der Waals surface area contributed by atoms with E-state index >= 15 is 0 Å². The first kappa shape index (κ1) is 16.8. The lowest BCUT2D eigenvalue weighted by Gasteiger charge is -2.15. The third-order valence-corrected chi connectivity index (χ3v) is 4.28. The molecule has 0 saturated carbocycles. The van der Waals surface area contributed by atoms with Gasteiger partial charge in [-0.05, 0) is 41.7 Å². The van der Waals surface area contributed by atoms with Crippen LogP contribution in [-0.4, -0.2) is 23.8 Å². The van der Waals surface area contributed by atoms with Crippen LogP contribution in [0.1, 0.15) is 30.9 Å². The molecule has 0 aromatic heterocycles. The predicted molar refractivity (Wildman–Crippen MR) is 94.2 cm³/mol. The number of carboxylic acids is 1. The zero-order chi connectivity index (χ0) is 18.0. The number of aliphatic carboxylic acids is 1. The van der Waals surface area contributed by atoms with Crippen LogP contribution in [0.5, 0.6) is 0 Å². The highest BCUT2D eigenvalue weighted by Gasteiger charge is 2.29. The zero-order valence-electron chi connectivity index (χ0n) is 14.1. The van der Waals surface area contributed by atoms with Gasteiger partial charge in [0, 0.05) is 5.92 Å². The van der Waals surface area contributed by atoms with Gasteiger partial charge < -0.3 is 9.84 Å². The molecule has 1 amide bonds. The van der Waals surface area contributed by atoms with Gasteiger partial charge in [0.25, 0.3) is 0 Å². The highest BCUT2D eigenvalue weighted by Crippen LogP contribution is 2.44. The third-order valence-electron chi connectivity index (χ3n) is 4.28. The summed E-state index contributed by atoms with van der Waals surface area (Å²) in [5, 5.41) is 11.4. The third kappa shape index (κ3) is 3.26. The van der Waals surface area contributed by atoms with Crippen LogP contribution in [0.25, 0.3) is 11.1 Å². The summed E-state index contributed by atoms with van der Waals surface area (Å²) in [7, 11) is 0. The van der Waals surface area contributed by atoms with Crippen LogP contribution >= 0.6 is 0 Å². The van der Waals surface area contributed by atoms with Gasteiger partial charge in [-0.25, -0.2) is 9.59 Å². The van der Waals surface area contributed by atoms with Gasteiger partial charge in [0.05, 0.1) is 0 Å². The number of amides is 1. The quantitative estimate of drug-likeness (QED) is 0.830. The number of ether oxygens (including phenoxy) is 1. The Kier molecular flexibility index (Phi) is 4.57. The second-order valence-electron chi connectivity index (χ2n) is 6.13. The molecule has 5 heteroatoms. The van der Waals surface area contributed by atoms with Crippen LogP contribution in [0, 0.1) is 0 Å². The Labute approximate surface area is 145 Å². The number of carboxylic acid groups (broad SMARTS) is 1. The number of carbonyl (C=O) groups is 2. The average molecular weight is 337 g/mol. The number of hydrogen-bond donors (Lipinski definition) is 2. The number of benzene rings is 2. The van der Waals surface area contributed by atoms with E-state index in [9.17, 15) is 9.59 Å². The van der Waals surface area contributed by atoms with E-state index in [1.165, 1.54) is 0 Å². The Hall–Kier alpha value is -3.08. The van der Waals surface area contributed by atoms with E-state index in [1.54, 1.807) is 13.8 Å². The summed E-state index contributed by atoms with van der Waals surface area (Å²) < 4.78 is 5.32. The fraction of sp³-hybridized carbons (Fsp3) is 0.200. The van der Waals surface area contributed by atoms with Crippen molar-refractivity contribution in [2.45, 2.75) is 19.8 Å². The fourth-order valence-electron chi connectivity index (χ4n) is 3.13. The molecule has 2 aromatic rings. The molecule has 0 spiro atoms. The number of allylic oxidation sites excluding steroid dienone is 1. The molecule has 0 unspecified atom stereocenters. The maximum Gasteiger partial charge on any atom is 0.411 e. The van der Waals surface area contributed by atoms with Gasteiger partial charge >= 0.3 is 12.1 Å². The molecule has 25 heavy (non-hydrogen) atoms. The summed E-state index contributed by atoms with van der Waals surface area (Å²) in [4.78, 5) is 23.1. The van der Waals surface area contributed by atoms with Crippen molar-refractivity contribution in [3.63, 3.8) is 0 Å². The lowest BCUT2D eigenvalue weighted by molar-refractivity contribution is -0.133. The van der Waals surface area contributed by atoms with Gasteiger partial charge in [0.2, 0.25) is 0 Å². The minimum Gasteiger partial charge on any atom is -0.477 e. The van der Waals surface area contributed by atoms with E-state index in [1.807, 2.05) is 36.4 Å². The van der Waals surface area contributed by atoms with E-state index in [2.05, 4.69) is 17.4 Å². The van der Waals surface area contributed by atoms with Crippen molar-refractivity contribution in [1.29, 1.82) is 0 Å². The summed E-state index contributed by atoms with van der Waals surface area (Å²) in [5.41, 5.74) is 4.85. The van der Waals surface area contributed by atoms with Crippen LogP contribution in [0.4, 0.5) is 4.79 Å². The Morgan fingerprint density at radius 3 is 2.00 bits per heavy atom. The van der Waals surface area contributed by atoms with Gasteiger partial charge in [-0.2, -0.15) is 0 Å². The molecule has 1 aliphatic carbocycles. The fourth-order valence-corrected chi connectivity index (χ4v) is 3.13. The molecule has 2 aromatic carbocycles. The molecule has 0 bridgehead atoms. The second kappa shape index (κ2) is 6.81. The minimum absolute atomic E-state index is 0.0573. The Balaban J connectivity index is 1.77. The van der Waals surface area contributed by atoms with E-state index in [0.29, 0.717) is 5.57 Å². The molecule has 0 heterocycles. The van der Waals surface area contributed by atoms with Crippen molar-refractivity contribution < 1.29 is 19.4 Å². The summed E-state index contributed by atoms with van der Waals surface area (Å²) in [6.45, 7) is 3.38. The first-order valence-electron chi connectivity index (χ1n) is 8.01. The van der Waals surface area contributed by atoms with Crippen molar-refractivity contribution in [3.8, 4) is 11.1 Å². The molecule has 128 valence electrons. The Morgan fingerprint density at radius 1 is 1.00 bits per heavy atom. The SMILES string of the molecule is CC(C)=C(NC(=O)OCC1c2ccccc2-c2ccccc21)C(=O)O. The average Bonchev–Trinajstić information content (AvgIpc) is 2.91. The van der Waals surface area contributed by atoms with Gasteiger partial charge in [-0.3, -0.25) is 5.32 Å². The number of nitrogens with one attached hydrogen (secondary N) is 1. The molecule has 1 aliphatic rings. The molecule has 0 atom stereocenters. The van der Waals surface area contributed by atoms with Crippen molar-refractivity contribution in [1.82, 2.24) is 5.32 Å². The maximum absolute atomic E-state index is 12.0. The highest BCUT2D eigenvalue weighted by molar-refractivity contribution is 5.91. The van der Waals surface area contributed by atoms with Crippen molar-refractivity contribution in [2.24, 2.45) is 0 Å². The summed E-state index contributed by atoms with van der Waals surface area (Å²) >= 11 is 0. The number of rotatable bonds is 4. The maximum atomic E-state index is 12.0. The lowest BCUT2D eigenvalue weighted by Crippen LogP contribution is -2.30. The van der Waals surface area contributed by atoms with Gasteiger partial charge in [0.1, 0.15) is 12.3 Å². The smallest absolute Gasteiger partial charge is 0.411 e. The summed E-state index contributed by atoms with van der Waals surface area (Å²) in [6, 6.07) is 16.1. The second-order valence-corrected chi connectivity index (χ2v) is 6.13. The van der Waals surface area contributed by atoms with Gasteiger partial charge in [-0.15, -0.1) is 0 Å². The number of alkyl carbamates (subject to hydrolysis) is 1. The standard InChI is InChI=1S/C20H19NO4/c1-12(2)18(19(22)23)21-20(24)25-11-17-15-9-5-3-7-13(15)14-8-4-6-10-16(14)17/h3-10,17H,11H2,1-2H3,(H,21,24)(H,22,23).